The minimum Gasteiger partial charge on any atom is -0.378 e. The lowest BCUT2D eigenvalue weighted by Crippen LogP contribution is -2.50. The van der Waals surface area contributed by atoms with E-state index in [4.69, 9.17) is 0 Å². The summed E-state index contributed by atoms with van der Waals surface area (Å²) >= 11 is 0. The van der Waals surface area contributed by atoms with Gasteiger partial charge in [-0.15, -0.1) is 0 Å². The van der Waals surface area contributed by atoms with Crippen molar-refractivity contribution in [2.45, 2.75) is 13.8 Å². The van der Waals surface area contributed by atoms with Crippen LogP contribution < -0.4 is 15.1 Å². The fraction of sp³-hybridized carbons (Fsp3) is 0.381. The molecule has 0 aromatic heterocycles. The lowest BCUT2D eigenvalue weighted by atomic mass is 10.1. The van der Waals surface area contributed by atoms with Crippen LogP contribution in [-0.2, 0) is 0 Å². The first kappa shape index (κ1) is 18.1. The summed E-state index contributed by atoms with van der Waals surface area (Å²) in [6, 6.07) is 14.6. The number of hydrogen-bond acceptors (Lipinski definition) is 3. The maximum atomic E-state index is 12.5. The highest BCUT2D eigenvalue weighted by atomic mass is 16.2. The van der Waals surface area contributed by atoms with Gasteiger partial charge in [-0.2, -0.15) is 0 Å². The van der Waals surface area contributed by atoms with Crippen LogP contribution in [0.2, 0.25) is 0 Å². The number of nitrogens with zero attached hydrogens (tertiary/aromatic N) is 3. The van der Waals surface area contributed by atoms with Crippen LogP contribution in [0, 0.1) is 13.8 Å². The van der Waals surface area contributed by atoms with E-state index in [1.807, 2.05) is 37.2 Å². The third kappa shape index (κ3) is 4.10. The Morgan fingerprint density at radius 3 is 2.15 bits per heavy atom. The van der Waals surface area contributed by atoms with Crippen LogP contribution in [0.5, 0.6) is 0 Å². The van der Waals surface area contributed by atoms with Crippen LogP contribution in [0.15, 0.2) is 42.5 Å². The van der Waals surface area contributed by atoms with Crippen LogP contribution in [-0.4, -0.2) is 51.2 Å². The largest absolute Gasteiger partial charge is 0.378 e. The van der Waals surface area contributed by atoms with Gasteiger partial charge in [0.05, 0.1) is 0 Å². The number of carbonyl (C=O) groups excluding carboxylic acids is 1. The molecule has 0 spiro atoms. The lowest BCUT2D eigenvalue weighted by Gasteiger charge is -2.36. The highest BCUT2D eigenvalue weighted by Crippen LogP contribution is 2.21. The van der Waals surface area contributed by atoms with Gasteiger partial charge in [-0.3, -0.25) is 0 Å². The summed E-state index contributed by atoms with van der Waals surface area (Å²) in [5, 5.41) is 3.02. The molecule has 1 N–H and O–H groups in total. The first-order valence-electron chi connectivity index (χ1n) is 9.09. The van der Waals surface area contributed by atoms with Crippen molar-refractivity contribution in [3.63, 3.8) is 0 Å². The molecular weight excluding hydrogens is 324 g/mol. The lowest BCUT2D eigenvalue weighted by molar-refractivity contribution is 0.208. The van der Waals surface area contributed by atoms with Gasteiger partial charge in [0.1, 0.15) is 0 Å². The molecule has 138 valence electrons. The fourth-order valence-electron chi connectivity index (χ4n) is 3.15. The number of nitrogens with one attached hydrogen (secondary N) is 1. The van der Waals surface area contributed by atoms with Gasteiger partial charge in [-0.05, 0) is 61.4 Å². The molecule has 1 heterocycles. The number of rotatable bonds is 3. The maximum Gasteiger partial charge on any atom is 0.321 e. The minimum atomic E-state index is -0.0177. The molecule has 1 aliphatic heterocycles. The third-order valence-electron chi connectivity index (χ3n) is 5.06. The van der Waals surface area contributed by atoms with E-state index in [9.17, 15) is 4.79 Å². The van der Waals surface area contributed by atoms with Gasteiger partial charge < -0.3 is 20.0 Å². The summed E-state index contributed by atoms with van der Waals surface area (Å²) in [7, 11) is 4.09. The Kier molecular flexibility index (Phi) is 5.35. The van der Waals surface area contributed by atoms with E-state index in [1.165, 1.54) is 22.5 Å². The highest BCUT2D eigenvalue weighted by Gasteiger charge is 2.21. The van der Waals surface area contributed by atoms with Crippen molar-refractivity contribution < 1.29 is 4.79 Å². The number of piperazine rings is 1. The zero-order chi connectivity index (χ0) is 18.7. The molecule has 0 bridgehead atoms. The van der Waals surface area contributed by atoms with Gasteiger partial charge in [0.2, 0.25) is 0 Å². The van der Waals surface area contributed by atoms with E-state index < -0.39 is 0 Å². The van der Waals surface area contributed by atoms with Crippen molar-refractivity contribution in [2.75, 3.05) is 55.4 Å². The van der Waals surface area contributed by atoms with Crippen LogP contribution >= 0.6 is 0 Å². The van der Waals surface area contributed by atoms with Crippen LogP contribution in [0.1, 0.15) is 11.1 Å². The Labute approximate surface area is 156 Å². The topological polar surface area (TPSA) is 38.8 Å². The molecule has 5 nitrogen and oxygen atoms in total. The number of hydrogen-bond donors (Lipinski definition) is 1. The predicted molar refractivity (Wildman–Crippen MR) is 109 cm³/mol. The molecule has 2 aromatic rings. The number of urea groups is 1. The van der Waals surface area contributed by atoms with Crippen LogP contribution in [0.4, 0.5) is 21.9 Å². The second-order valence-corrected chi connectivity index (χ2v) is 7.11. The summed E-state index contributed by atoms with van der Waals surface area (Å²) in [4.78, 5) is 18.8. The van der Waals surface area contributed by atoms with Gasteiger partial charge >= 0.3 is 6.03 Å². The first-order valence-corrected chi connectivity index (χ1v) is 9.09. The van der Waals surface area contributed by atoms with E-state index in [0.717, 1.165) is 31.9 Å². The van der Waals surface area contributed by atoms with Gasteiger partial charge in [-0.25, -0.2) is 4.79 Å². The van der Waals surface area contributed by atoms with Crippen LogP contribution in [0.25, 0.3) is 0 Å². The molecule has 1 fully saturated rings. The molecular formula is C21H28N4O. The van der Waals surface area contributed by atoms with Crippen molar-refractivity contribution in [2.24, 2.45) is 0 Å². The Bertz CT molecular complexity index is 762. The Morgan fingerprint density at radius 1 is 0.923 bits per heavy atom. The fourth-order valence-corrected chi connectivity index (χ4v) is 3.15. The second kappa shape index (κ2) is 7.68. The maximum absolute atomic E-state index is 12.5. The average molecular weight is 352 g/mol. The van der Waals surface area contributed by atoms with E-state index in [1.54, 1.807) is 0 Å². The van der Waals surface area contributed by atoms with Crippen molar-refractivity contribution in [3.8, 4) is 0 Å². The molecule has 3 rings (SSSR count). The smallest absolute Gasteiger partial charge is 0.321 e. The molecule has 0 saturated carbocycles. The van der Waals surface area contributed by atoms with Gasteiger partial charge in [-0.1, -0.05) is 6.07 Å². The highest BCUT2D eigenvalue weighted by molar-refractivity contribution is 5.89. The molecule has 2 amide bonds. The molecule has 0 radical (unpaired) electrons. The van der Waals surface area contributed by atoms with Crippen molar-refractivity contribution in [1.29, 1.82) is 0 Å². The van der Waals surface area contributed by atoms with Gasteiger partial charge in [0.15, 0.2) is 0 Å². The number of amides is 2. The summed E-state index contributed by atoms with van der Waals surface area (Å²) in [6.45, 7) is 7.29. The van der Waals surface area contributed by atoms with Crippen molar-refractivity contribution in [1.82, 2.24) is 4.90 Å². The molecule has 2 aromatic carbocycles. The quantitative estimate of drug-likeness (QED) is 0.915. The van der Waals surface area contributed by atoms with E-state index in [0.29, 0.717) is 0 Å². The average Bonchev–Trinajstić information content (AvgIpc) is 2.65. The van der Waals surface area contributed by atoms with Crippen LogP contribution in [0.3, 0.4) is 0 Å². The number of aryl methyl sites for hydroxylation is 2. The summed E-state index contributed by atoms with van der Waals surface area (Å²) < 4.78 is 0. The van der Waals surface area contributed by atoms with E-state index >= 15 is 0 Å². The molecule has 1 aliphatic rings. The van der Waals surface area contributed by atoms with Gasteiger partial charge in [0, 0.05) is 57.3 Å². The Balaban J connectivity index is 1.55. The van der Waals surface area contributed by atoms with E-state index in [-0.39, 0.29) is 6.03 Å². The molecule has 5 heteroatoms. The molecule has 0 aliphatic carbocycles. The number of anilines is 3. The number of carbonyl (C=O) groups is 1. The third-order valence-corrected chi connectivity index (χ3v) is 5.06. The SMILES string of the molecule is Cc1ccc(NC(=O)N2CCN(c3ccc(N(C)C)cc3)CC2)cc1C. The van der Waals surface area contributed by atoms with Crippen molar-refractivity contribution in [3.05, 3.63) is 53.6 Å². The normalized spacial score (nSPS) is 14.3. The van der Waals surface area contributed by atoms with Gasteiger partial charge in [0.25, 0.3) is 0 Å². The van der Waals surface area contributed by atoms with E-state index in [2.05, 4.69) is 53.2 Å². The minimum absolute atomic E-state index is 0.0177. The zero-order valence-electron chi connectivity index (χ0n) is 16.1. The Morgan fingerprint density at radius 2 is 1.58 bits per heavy atom. The molecule has 0 unspecified atom stereocenters. The zero-order valence-corrected chi connectivity index (χ0v) is 16.1. The molecule has 0 atom stereocenters. The molecule has 1 saturated heterocycles. The molecule has 26 heavy (non-hydrogen) atoms. The second-order valence-electron chi connectivity index (χ2n) is 7.11. The summed E-state index contributed by atoms with van der Waals surface area (Å²) in [5.74, 6) is 0. The standard InChI is InChI=1S/C21H28N4O/c1-16-5-6-18(15-17(16)2)22-21(26)25-13-11-24(12-14-25)20-9-7-19(8-10-20)23(3)4/h5-10,15H,11-14H2,1-4H3,(H,22,26). The number of benzene rings is 2. The summed E-state index contributed by atoms with van der Waals surface area (Å²) in [6.07, 6.45) is 0. The predicted octanol–water partition coefficient (Wildman–Crippen LogP) is 3.72. The first-order chi connectivity index (χ1) is 12.4. The monoisotopic (exact) mass is 352 g/mol. The Hall–Kier alpha value is -2.69. The van der Waals surface area contributed by atoms with Crippen molar-refractivity contribution >= 4 is 23.1 Å². The summed E-state index contributed by atoms with van der Waals surface area (Å²) in [5.41, 5.74) is 5.69.